The fourth-order valence-corrected chi connectivity index (χ4v) is 1.49. The molecule has 2 nitrogen and oxygen atoms in total. The lowest BCUT2D eigenvalue weighted by Gasteiger charge is -2.00. The maximum absolute atomic E-state index is 10.4. The van der Waals surface area contributed by atoms with Gasteiger partial charge in [-0.15, -0.1) is 0 Å². The average Bonchev–Trinajstić information content (AvgIpc) is 2.16. The highest BCUT2D eigenvalue weighted by Crippen LogP contribution is 2.08. The Bertz CT molecular complexity index is 178. The SMILES string of the molecule is CCCCCCCCCC(=S)C(=O)O. The monoisotopic (exact) mass is 216 g/mol. The van der Waals surface area contributed by atoms with Crippen molar-refractivity contribution in [3.63, 3.8) is 0 Å². The highest BCUT2D eigenvalue weighted by atomic mass is 32.1. The Balaban J connectivity index is 3.13. The van der Waals surface area contributed by atoms with E-state index in [9.17, 15) is 4.79 Å². The van der Waals surface area contributed by atoms with E-state index in [1.165, 1.54) is 32.1 Å². The van der Waals surface area contributed by atoms with E-state index in [4.69, 9.17) is 17.3 Å². The smallest absolute Gasteiger partial charge is 0.342 e. The number of carbonyl (C=O) groups is 1. The molecular formula is C11H20O2S. The maximum Gasteiger partial charge on any atom is 0.342 e. The lowest BCUT2D eigenvalue weighted by atomic mass is 10.1. The summed E-state index contributed by atoms with van der Waals surface area (Å²) in [6, 6.07) is 0. The summed E-state index contributed by atoms with van der Waals surface area (Å²) < 4.78 is 0. The zero-order valence-electron chi connectivity index (χ0n) is 8.92. The fourth-order valence-electron chi connectivity index (χ4n) is 1.35. The second-order valence-corrected chi connectivity index (χ2v) is 4.09. The van der Waals surface area contributed by atoms with Gasteiger partial charge in [0.05, 0.1) is 4.86 Å². The van der Waals surface area contributed by atoms with Gasteiger partial charge in [0.15, 0.2) is 0 Å². The Hall–Kier alpha value is -0.440. The third-order valence-electron chi connectivity index (χ3n) is 2.25. The van der Waals surface area contributed by atoms with Crippen LogP contribution in [0.2, 0.25) is 0 Å². The number of carboxylic acid groups (broad SMARTS) is 1. The molecule has 0 unspecified atom stereocenters. The van der Waals surface area contributed by atoms with Crippen LogP contribution in [0.1, 0.15) is 58.3 Å². The first kappa shape index (κ1) is 13.6. The number of hydrogen-bond donors (Lipinski definition) is 1. The molecule has 0 fully saturated rings. The lowest BCUT2D eigenvalue weighted by Crippen LogP contribution is -2.09. The van der Waals surface area contributed by atoms with Crippen molar-refractivity contribution in [1.82, 2.24) is 0 Å². The zero-order chi connectivity index (χ0) is 10.8. The van der Waals surface area contributed by atoms with Gasteiger partial charge in [0.25, 0.3) is 0 Å². The van der Waals surface area contributed by atoms with Crippen LogP contribution in [0.25, 0.3) is 0 Å². The Morgan fingerprint density at radius 3 is 2.07 bits per heavy atom. The zero-order valence-corrected chi connectivity index (χ0v) is 9.74. The summed E-state index contributed by atoms with van der Waals surface area (Å²) in [6.45, 7) is 2.20. The Kier molecular flexibility index (Phi) is 8.84. The van der Waals surface area contributed by atoms with Gasteiger partial charge in [-0.05, 0) is 12.8 Å². The van der Waals surface area contributed by atoms with Crippen molar-refractivity contribution in [2.45, 2.75) is 58.3 Å². The topological polar surface area (TPSA) is 37.3 Å². The van der Waals surface area contributed by atoms with Gasteiger partial charge >= 0.3 is 5.97 Å². The van der Waals surface area contributed by atoms with Gasteiger partial charge in [0.2, 0.25) is 0 Å². The molecule has 0 aliphatic rings. The predicted molar refractivity (Wildman–Crippen MR) is 62.8 cm³/mol. The van der Waals surface area contributed by atoms with Gasteiger partial charge in [-0.2, -0.15) is 0 Å². The van der Waals surface area contributed by atoms with Crippen LogP contribution in [-0.4, -0.2) is 15.9 Å². The third kappa shape index (κ3) is 8.17. The van der Waals surface area contributed by atoms with E-state index in [0.717, 1.165) is 12.8 Å². The number of carboxylic acids is 1. The van der Waals surface area contributed by atoms with E-state index < -0.39 is 5.97 Å². The first-order valence-electron chi connectivity index (χ1n) is 5.44. The van der Waals surface area contributed by atoms with E-state index in [2.05, 4.69) is 6.92 Å². The van der Waals surface area contributed by atoms with Crippen LogP contribution in [0.3, 0.4) is 0 Å². The number of rotatable bonds is 9. The summed E-state index contributed by atoms with van der Waals surface area (Å²) in [4.78, 5) is 10.5. The number of aliphatic carboxylic acids is 1. The highest BCUT2D eigenvalue weighted by molar-refractivity contribution is 7.82. The fraction of sp³-hybridized carbons (Fsp3) is 0.818. The molecule has 0 aliphatic carbocycles. The van der Waals surface area contributed by atoms with Crippen molar-refractivity contribution < 1.29 is 9.90 Å². The predicted octanol–water partition coefficient (Wildman–Crippen LogP) is 3.58. The normalized spacial score (nSPS) is 10.1. The van der Waals surface area contributed by atoms with E-state index in [1.54, 1.807) is 0 Å². The van der Waals surface area contributed by atoms with Crippen LogP contribution < -0.4 is 0 Å². The van der Waals surface area contributed by atoms with E-state index in [1.807, 2.05) is 0 Å². The molecule has 0 aromatic rings. The number of unbranched alkanes of at least 4 members (excludes halogenated alkanes) is 6. The Morgan fingerprint density at radius 1 is 1.07 bits per heavy atom. The third-order valence-corrected chi connectivity index (χ3v) is 2.62. The summed E-state index contributed by atoms with van der Waals surface area (Å²) in [5.41, 5.74) is 0. The molecule has 0 rings (SSSR count). The highest BCUT2D eigenvalue weighted by Gasteiger charge is 2.04. The molecule has 82 valence electrons. The van der Waals surface area contributed by atoms with Crippen LogP contribution in [-0.2, 0) is 4.79 Å². The largest absolute Gasteiger partial charge is 0.477 e. The van der Waals surface area contributed by atoms with Crippen molar-refractivity contribution >= 4 is 23.1 Å². The second-order valence-electron chi connectivity index (χ2n) is 3.60. The molecule has 0 saturated heterocycles. The summed E-state index contributed by atoms with van der Waals surface area (Å²) in [5, 5.41) is 8.51. The molecule has 0 aliphatic heterocycles. The summed E-state index contributed by atoms with van der Waals surface area (Å²) in [5.74, 6) is -0.925. The van der Waals surface area contributed by atoms with Crippen molar-refractivity contribution in [3.05, 3.63) is 0 Å². The van der Waals surface area contributed by atoms with Gasteiger partial charge in [0, 0.05) is 0 Å². The summed E-state index contributed by atoms with van der Waals surface area (Å²) in [7, 11) is 0. The van der Waals surface area contributed by atoms with E-state index in [-0.39, 0.29) is 4.86 Å². The molecule has 0 saturated carbocycles. The van der Waals surface area contributed by atoms with Crippen LogP contribution in [0.15, 0.2) is 0 Å². The van der Waals surface area contributed by atoms with Crippen molar-refractivity contribution in [2.75, 3.05) is 0 Å². The minimum absolute atomic E-state index is 0.179. The molecule has 0 amide bonds. The molecule has 0 bridgehead atoms. The van der Waals surface area contributed by atoms with Gasteiger partial charge in [-0.1, -0.05) is 57.7 Å². The molecule has 0 atom stereocenters. The molecule has 1 N–H and O–H groups in total. The van der Waals surface area contributed by atoms with E-state index >= 15 is 0 Å². The number of hydrogen-bond acceptors (Lipinski definition) is 2. The minimum atomic E-state index is -0.925. The minimum Gasteiger partial charge on any atom is -0.477 e. The van der Waals surface area contributed by atoms with Crippen LogP contribution in [0, 0.1) is 0 Å². The van der Waals surface area contributed by atoms with Gasteiger partial charge in [-0.25, -0.2) is 4.79 Å². The quantitative estimate of drug-likeness (QED) is 0.473. The van der Waals surface area contributed by atoms with Crippen molar-refractivity contribution in [3.8, 4) is 0 Å². The molecule has 0 aromatic carbocycles. The molecule has 0 spiro atoms. The summed E-state index contributed by atoms with van der Waals surface area (Å²) in [6.07, 6.45) is 8.97. The molecular weight excluding hydrogens is 196 g/mol. The van der Waals surface area contributed by atoms with Gasteiger partial charge < -0.3 is 5.11 Å². The molecule has 0 aromatic heterocycles. The van der Waals surface area contributed by atoms with Crippen molar-refractivity contribution in [2.24, 2.45) is 0 Å². The van der Waals surface area contributed by atoms with Crippen molar-refractivity contribution in [1.29, 1.82) is 0 Å². The maximum atomic E-state index is 10.4. The first-order chi connectivity index (χ1) is 6.68. The molecule has 0 heterocycles. The van der Waals surface area contributed by atoms with Crippen LogP contribution >= 0.6 is 12.2 Å². The standard InChI is InChI=1S/C11H20O2S/c1-2-3-4-5-6-7-8-9-10(14)11(12)13/h2-9H2,1H3,(H,12,13). The molecule has 14 heavy (non-hydrogen) atoms. The summed E-state index contributed by atoms with van der Waals surface area (Å²) >= 11 is 4.70. The Morgan fingerprint density at radius 2 is 1.57 bits per heavy atom. The number of thiocarbonyl (C=S) groups is 1. The first-order valence-corrected chi connectivity index (χ1v) is 5.85. The Labute approximate surface area is 91.7 Å². The lowest BCUT2D eigenvalue weighted by molar-refractivity contribution is -0.129. The van der Waals surface area contributed by atoms with Crippen LogP contribution in [0.4, 0.5) is 0 Å². The molecule has 0 radical (unpaired) electrons. The van der Waals surface area contributed by atoms with E-state index in [0.29, 0.717) is 6.42 Å². The average molecular weight is 216 g/mol. The van der Waals surface area contributed by atoms with Gasteiger partial charge in [0.1, 0.15) is 0 Å². The van der Waals surface area contributed by atoms with Crippen LogP contribution in [0.5, 0.6) is 0 Å². The molecule has 3 heteroatoms. The van der Waals surface area contributed by atoms with Gasteiger partial charge in [-0.3, -0.25) is 0 Å². The second kappa shape index (κ2) is 9.13.